The number of carbonyl (C=O) groups is 1. The smallest absolute Gasteiger partial charge is 0.251 e. The number of aromatic amines is 1. The van der Waals surface area contributed by atoms with Crippen LogP contribution in [0.25, 0.3) is 32.8 Å². The summed E-state index contributed by atoms with van der Waals surface area (Å²) in [5.41, 5.74) is 12.6. The van der Waals surface area contributed by atoms with Crippen LogP contribution in [0.15, 0.2) is 78.9 Å². The number of nitrogens with one attached hydrogen (secondary N) is 2. The molecule has 1 unspecified atom stereocenters. The molecule has 1 atom stereocenters. The quantitative estimate of drug-likeness (QED) is 0.220. The van der Waals surface area contributed by atoms with Gasteiger partial charge in [-0.15, -0.1) is 0 Å². The molecule has 6 aromatic rings. The van der Waals surface area contributed by atoms with E-state index in [1.807, 2.05) is 31.3 Å². The summed E-state index contributed by atoms with van der Waals surface area (Å²) in [7, 11) is 1.99. The number of nitrogens with two attached hydrogens (primary N) is 1. The van der Waals surface area contributed by atoms with Gasteiger partial charge in [0.1, 0.15) is 11.6 Å². The highest BCUT2D eigenvalue weighted by Crippen LogP contribution is 2.29. The zero-order valence-corrected chi connectivity index (χ0v) is 24.0. The summed E-state index contributed by atoms with van der Waals surface area (Å²) in [5, 5.41) is 5.54. The van der Waals surface area contributed by atoms with E-state index in [0.29, 0.717) is 18.7 Å². The first-order chi connectivity index (χ1) is 19.7. The number of rotatable bonds is 8. The van der Waals surface area contributed by atoms with E-state index in [1.54, 1.807) is 0 Å². The van der Waals surface area contributed by atoms with Gasteiger partial charge in [-0.3, -0.25) is 4.79 Å². The third kappa shape index (κ3) is 4.98. The Morgan fingerprint density at radius 1 is 1.00 bits per heavy atom. The van der Waals surface area contributed by atoms with Crippen molar-refractivity contribution in [1.29, 1.82) is 0 Å². The molecule has 2 heterocycles. The van der Waals surface area contributed by atoms with Crippen LogP contribution in [0.4, 0.5) is 0 Å². The van der Waals surface area contributed by atoms with E-state index in [1.165, 1.54) is 21.9 Å². The summed E-state index contributed by atoms with van der Waals surface area (Å²) < 4.78 is 2.06. The second kappa shape index (κ2) is 10.5. The average Bonchev–Trinajstić information content (AvgIpc) is 3.57. The molecule has 0 fully saturated rings. The highest BCUT2D eigenvalue weighted by molar-refractivity contribution is 5.97. The number of imidazole rings is 2. The molecular weight excluding hydrogens is 508 g/mol. The second-order valence-electron chi connectivity index (χ2n) is 11.5. The van der Waals surface area contributed by atoms with E-state index in [4.69, 9.17) is 15.7 Å². The van der Waals surface area contributed by atoms with Gasteiger partial charge in [0.15, 0.2) is 0 Å². The van der Waals surface area contributed by atoms with E-state index in [0.717, 1.165) is 40.1 Å². The molecule has 0 aliphatic carbocycles. The van der Waals surface area contributed by atoms with Gasteiger partial charge in [0.2, 0.25) is 0 Å². The molecule has 41 heavy (non-hydrogen) atoms. The number of nitrogens with zero attached hydrogens (tertiary/aromatic N) is 3. The Kier molecular flexibility index (Phi) is 6.83. The van der Waals surface area contributed by atoms with Crippen molar-refractivity contribution in [1.82, 2.24) is 24.8 Å². The maximum absolute atomic E-state index is 13.1. The van der Waals surface area contributed by atoms with Crippen LogP contribution in [0.5, 0.6) is 0 Å². The fourth-order valence-electron chi connectivity index (χ4n) is 5.55. The molecule has 1 amide bonds. The third-order valence-corrected chi connectivity index (χ3v) is 8.33. The number of benzene rings is 4. The summed E-state index contributed by atoms with van der Waals surface area (Å²) in [6.45, 7) is 7.52. The van der Waals surface area contributed by atoms with Gasteiger partial charge in [0, 0.05) is 31.1 Å². The van der Waals surface area contributed by atoms with Gasteiger partial charge in [0.05, 0.1) is 28.0 Å². The minimum absolute atomic E-state index is 0.0660. The van der Waals surface area contributed by atoms with Crippen molar-refractivity contribution < 1.29 is 4.79 Å². The summed E-state index contributed by atoms with van der Waals surface area (Å²) >= 11 is 0. The summed E-state index contributed by atoms with van der Waals surface area (Å²) in [5.74, 6) is 1.59. The van der Waals surface area contributed by atoms with Crippen LogP contribution >= 0.6 is 0 Å². The first-order valence-electron chi connectivity index (χ1n) is 14.2. The van der Waals surface area contributed by atoms with Crippen molar-refractivity contribution in [2.75, 3.05) is 13.1 Å². The third-order valence-electron chi connectivity index (χ3n) is 8.33. The predicted octanol–water partition coefficient (Wildman–Crippen LogP) is 5.96. The molecule has 0 spiro atoms. The van der Waals surface area contributed by atoms with Crippen molar-refractivity contribution in [3.05, 3.63) is 107 Å². The van der Waals surface area contributed by atoms with E-state index < -0.39 is 0 Å². The Balaban J connectivity index is 1.20. The van der Waals surface area contributed by atoms with Gasteiger partial charge in [-0.1, -0.05) is 62.4 Å². The largest absolute Gasteiger partial charge is 0.352 e. The lowest BCUT2D eigenvalue weighted by atomic mass is 9.85. The SMILES string of the molecule is CC(c1nc2cc(C(C)(C)CN)ccc2[nH]1)c1nc2ccc(C(=O)NCCc3cccc4ccccc34)cc2n1C. The van der Waals surface area contributed by atoms with Crippen molar-refractivity contribution in [2.24, 2.45) is 12.8 Å². The van der Waals surface area contributed by atoms with Crippen molar-refractivity contribution in [3.63, 3.8) is 0 Å². The summed E-state index contributed by atoms with van der Waals surface area (Å²) in [6.07, 6.45) is 0.769. The maximum atomic E-state index is 13.1. The number of hydrogen-bond donors (Lipinski definition) is 3. The number of carbonyl (C=O) groups excluding carboxylic acids is 1. The van der Waals surface area contributed by atoms with Crippen LogP contribution in [-0.4, -0.2) is 38.5 Å². The molecule has 0 saturated heterocycles. The average molecular weight is 545 g/mol. The normalized spacial score (nSPS) is 12.8. The van der Waals surface area contributed by atoms with Crippen molar-refractivity contribution >= 4 is 38.7 Å². The maximum Gasteiger partial charge on any atom is 0.251 e. The number of fused-ring (bicyclic) bond motifs is 3. The molecule has 208 valence electrons. The lowest BCUT2D eigenvalue weighted by molar-refractivity contribution is 0.0954. The Labute approximate surface area is 239 Å². The molecular formula is C34H36N6O. The van der Waals surface area contributed by atoms with E-state index >= 15 is 0 Å². The minimum Gasteiger partial charge on any atom is -0.352 e. The molecule has 0 aliphatic heterocycles. The zero-order chi connectivity index (χ0) is 28.7. The number of aryl methyl sites for hydroxylation is 1. The number of amides is 1. The predicted molar refractivity (Wildman–Crippen MR) is 166 cm³/mol. The second-order valence-corrected chi connectivity index (χ2v) is 11.5. The van der Waals surface area contributed by atoms with Crippen LogP contribution < -0.4 is 11.1 Å². The van der Waals surface area contributed by atoms with E-state index in [2.05, 4.69) is 90.2 Å². The van der Waals surface area contributed by atoms with Crippen LogP contribution in [-0.2, 0) is 18.9 Å². The monoisotopic (exact) mass is 544 g/mol. The lowest BCUT2D eigenvalue weighted by Crippen LogP contribution is -2.27. The highest BCUT2D eigenvalue weighted by atomic mass is 16.1. The highest BCUT2D eigenvalue weighted by Gasteiger charge is 2.23. The molecule has 0 saturated carbocycles. The number of H-pyrrole nitrogens is 1. The molecule has 2 aromatic heterocycles. The molecule has 0 bridgehead atoms. The zero-order valence-electron chi connectivity index (χ0n) is 24.0. The topological polar surface area (TPSA) is 102 Å². The molecule has 7 nitrogen and oxygen atoms in total. The minimum atomic E-state index is -0.115. The summed E-state index contributed by atoms with van der Waals surface area (Å²) in [4.78, 5) is 26.4. The van der Waals surface area contributed by atoms with Crippen molar-refractivity contribution in [2.45, 2.75) is 38.5 Å². The first-order valence-corrected chi connectivity index (χ1v) is 14.2. The van der Waals surface area contributed by atoms with Crippen LogP contribution in [0.2, 0.25) is 0 Å². The molecule has 4 N–H and O–H groups in total. The van der Waals surface area contributed by atoms with Gasteiger partial charge in [-0.25, -0.2) is 9.97 Å². The lowest BCUT2D eigenvalue weighted by Gasteiger charge is -2.22. The van der Waals surface area contributed by atoms with Gasteiger partial charge in [-0.2, -0.15) is 0 Å². The Hall–Kier alpha value is -4.49. The van der Waals surface area contributed by atoms with Crippen LogP contribution in [0, 0.1) is 0 Å². The Morgan fingerprint density at radius 3 is 2.63 bits per heavy atom. The van der Waals surface area contributed by atoms with Gasteiger partial charge < -0.3 is 20.6 Å². The van der Waals surface area contributed by atoms with Gasteiger partial charge >= 0.3 is 0 Å². The van der Waals surface area contributed by atoms with Crippen LogP contribution in [0.3, 0.4) is 0 Å². The van der Waals surface area contributed by atoms with Crippen LogP contribution in [0.1, 0.15) is 59.8 Å². The standard InChI is InChI=1S/C34H36N6O/c1-21(31-37-27-15-13-25(19-29(27)38-31)34(2,3)20-35)32-39-28-14-12-24(18-30(28)40(32)4)33(41)36-17-16-23-10-7-9-22-8-5-6-11-26(22)23/h5-15,18-19,21H,16-17,20,35H2,1-4H3,(H,36,41)(H,37,38). The molecule has 0 radical (unpaired) electrons. The molecule has 4 aromatic carbocycles. The molecule has 7 heteroatoms. The van der Waals surface area contributed by atoms with Gasteiger partial charge in [-0.05, 0) is 65.6 Å². The van der Waals surface area contributed by atoms with Crippen molar-refractivity contribution in [3.8, 4) is 0 Å². The Morgan fingerprint density at radius 2 is 1.80 bits per heavy atom. The van der Waals surface area contributed by atoms with E-state index in [-0.39, 0.29) is 17.2 Å². The fourth-order valence-corrected chi connectivity index (χ4v) is 5.55. The fraction of sp³-hybridized carbons (Fsp3) is 0.265. The number of hydrogen-bond acceptors (Lipinski definition) is 4. The molecule has 0 aliphatic rings. The van der Waals surface area contributed by atoms with Gasteiger partial charge in [0.25, 0.3) is 5.91 Å². The molecule has 6 rings (SSSR count). The Bertz CT molecular complexity index is 1890. The number of aromatic nitrogens is 4. The summed E-state index contributed by atoms with van der Waals surface area (Å²) in [6, 6.07) is 26.7. The van der Waals surface area contributed by atoms with E-state index in [9.17, 15) is 4.79 Å². The first kappa shape index (κ1) is 26.7.